The van der Waals surface area contributed by atoms with E-state index in [1.54, 1.807) is 0 Å². The van der Waals surface area contributed by atoms with Crippen molar-refractivity contribution < 1.29 is 14.6 Å². The van der Waals surface area contributed by atoms with E-state index in [2.05, 4.69) is 19.9 Å². The standard InChI is InChI=1S/C19H26O3/c1-18-7-5-11(20)9-10(18)3-4-12-13(18)6-8-19(2)14(12)15-16(22-15)17(19)21/h3,11-16,20H,4-9H2,1-2H3/t11-,12+,13-,14+,15-,16-,18-,19-/m0/s1. The molecule has 3 nitrogen and oxygen atoms in total. The van der Waals surface area contributed by atoms with E-state index in [4.69, 9.17) is 4.74 Å². The number of epoxide rings is 1. The van der Waals surface area contributed by atoms with E-state index in [0.29, 0.717) is 23.5 Å². The maximum atomic E-state index is 12.6. The molecule has 1 saturated heterocycles. The second-order valence-electron chi connectivity index (χ2n) is 8.92. The third kappa shape index (κ3) is 1.48. The van der Waals surface area contributed by atoms with Gasteiger partial charge < -0.3 is 9.84 Å². The fourth-order valence-electron chi connectivity index (χ4n) is 6.72. The Balaban J connectivity index is 1.54. The minimum atomic E-state index is -0.145. The first-order chi connectivity index (χ1) is 10.4. The summed E-state index contributed by atoms with van der Waals surface area (Å²) in [5, 5.41) is 10.0. The van der Waals surface area contributed by atoms with Crippen molar-refractivity contribution in [1.29, 1.82) is 0 Å². The highest BCUT2D eigenvalue weighted by molar-refractivity contribution is 5.94. The number of allylic oxidation sites excluding steroid dienone is 1. The molecule has 0 radical (unpaired) electrons. The van der Waals surface area contributed by atoms with Crippen molar-refractivity contribution in [3.05, 3.63) is 11.6 Å². The molecule has 0 aromatic carbocycles. The minimum absolute atomic E-state index is 0.0693. The van der Waals surface area contributed by atoms with Crippen molar-refractivity contribution in [2.24, 2.45) is 28.6 Å². The van der Waals surface area contributed by atoms with Crippen molar-refractivity contribution in [2.75, 3.05) is 0 Å². The Kier molecular flexibility index (Phi) is 2.53. The Bertz CT molecular complexity index is 581. The molecule has 22 heavy (non-hydrogen) atoms. The van der Waals surface area contributed by atoms with Gasteiger partial charge in [0.15, 0.2) is 5.78 Å². The predicted octanol–water partition coefficient (Wildman–Crippen LogP) is 2.87. The van der Waals surface area contributed by atoms with E-state index in [1.807, 2.05) is 0 Å². The third-order valence-electron chi connectivity index (χ3n) is 8.03. The van der Waals surface area contributed by atoms with Crippen LogP contribution < -0.4 is 0 Å². The average Bonchev–Trinajstić information content (AvgIpc) is 3.22. The third-order valence-corrected chi connectivity index (χ3v) is 8.03. The lowest BCUT2D eigenvalue weighted by atomic mass is 9.48. The number of ketones is 1. The Hall–Kier alpha value is -0.670. The first kappa shape index (κ1) is 13.7. The molecule has 3 saturated carbocycles. The van der Waals surface area contributed by atoms with Crippen LogP contribution in [-0.2, 0) is 9.53 Å². The largest absolute Gasteiger partial charge is 0.393 e. The summed E-state index contributed by atoms with van der Waals surface area (Å²) >= 11 is 0. The molecule has 120 valence electrons. The van der Waals surface area contributed by atoms with Crippen LogP contribution in [0.15, 0.2) is 11.6 Å². The Morgan fingerprint density at radius 2 is 2.00 bits per heavy atom. The van der Waals surface area contributed by atoms with Crippen molar-refractivity contribution >= 4 is 5.78 Å². The predicted molar refractivity (Wildman–Crippen MR) is 82.1 cm³/mol. The number of carbonyl (C=O) groups excluding carboxylic acids is 1. The lowest BCUT2D eigenvalue weighted by molar-refractivity contribution is -0.140. The Morgan fingerprint density at radius 1 is 1.23 bits per heavy atom. The van der Waals surface area contributed by atoms with E-state index >= 15 is 0 Å². The number of Topliss-reactive ketones (excluding diaryl/α,β-unsaturated/α-hetero) is 1. The van der Waals surface area contributed by atoms with Crippen LogP contribution in [0.4, 0.5) is 0 Å². The summed E-state index contributed by atoms with van der Waals surface area (Å²) in [6, 6.07) is 0. The van der Waals surface area contributed by atoms with Gasteiger partial charge in [0.2, 0.25) is 0 Å². The number of rotatable bonds is 0. The minimum Gasteiger partial charge on any atom is -0.393 e. The molecule has 0 spiro atoms. The molecular weight excluding hydrogens is 276 g/mol. The number of hydrogen-bond acceptors (Lipinski definition) is 3. The van der Waals surface area contributed by atoms with Gasteiger partial charge in [-0.3, -0.25) is 4.79 Å². The number of carbonyl (C=O) groups is 1. The van der Waals surface area contributed by atoms with Crippen molar-refractivity contribution in [3.63, 3.8) is 0 Å². The van der Waals surface area contributed by atoms with Gasteiger partial charge in [-0.25, -0.2) is 0 Å². The average molecular weight is 302 g/mol. The van der Waals surface area contributed by atoms with Gasteiger partial charge in [-0.1, -0.05) is 25.5 Å². The van der Waals surface area contributed by atoms with Crippen LogP contribution in [0, 0.1) is 28.6 Å². The summed E-state index contributed by atoms with van der Waals surface area (Å²) in [6.07, 6.45) is 8.62. The van der Waals surface area contributed by atoms with Gasteiger partial charge in [-0.05, 0) is 55.8 Å². The summed E-state index contributed by atoms with van der Waals surface area (Å²) in [7, 11) is 0. The van der Waals surface area contributed by atoms with Crippen LogP contribution >= 0.6 is 0 Å². The molecule has 8 atom stereocenters. The molecular formula is C19H26O3. The number of aliphatic hydroxyl groups is 1. The highest BCUT2D eigenvalue weighted by Crippen LogP contribution is 2.67. The van der Waals surface area contributed by atoms with Crippen molar-refractivity contribution in [3.8, 4) is 0 Å². The first-order valence-corrected chi connectivity index (χ1v) is 9.02. The SMILES string of the molecule is C[C@]12CC[C@H](O)CC1=CC[C@H]1[C@@H]3[C@@H]4O[C@@H]4C(=O)[C@@]3(C)CC[C@@H]12. The van der Waals surface area contributed by atoms with Crippen LogP contribution in [-0.4, -0.2) is 29.2 Å². The van der Waals surface area contributed by atoms with E-state index in [9.17, 15) is 9.90 Å². The van der Waals surface area contributed by atoms with E-state index < -0.39 is 0 Å². The van der Waals surface area contributed by atoms with Gasteiger partial charge in [0.1, 0.15) is 6.10 Å². The zero-order valence-corrected chi connectivity index (χ0v) is 13.5. The Morgan fingerprint density at radius 3 is 2.82 bits per heavy atom. The number of aliphatic hydroxyl groups excluding tert-OH is 1. The second-order valence-corrected chi connectivity index (χ2v) is 8.92. The normalized spacial score (nSPS) is 59.0. The zero-order valence-electron chi connectivity index (χ0n) is 13.5. The van der Waals surface area contributed by atoms with Gasteiger partial charge in [0, 0.05) is 11.3 Å². The van der Waals surface area contributed by atoms with E-state index in [1.165, 1.54) is 12.0 Å². The molecule has 4 fully saturated rings. The molecule has 0 aromatic rings. The second kappa shape index (κ2) is 4.05. The zero-order chi connectivity index (χ0) is 15.3. The molecule has 5 rings (SSSR count). The Labute approximate surface area is 132 Å². The van der Waals surface area contributed by atoms with Crippen molar-refractivity contribution in [1.82, 2.24) is 0 Å². The van der Waals surface area contributed by atoms with Crippen LogP contribution in [0.3, 0.4) is 0 Å². The summed E-state index contributed by atoms with van der Waals surface area (Å²) in [6.45, 7) is 4.63. The van der Waals surface area contributed by atoms with Crippen LogP contribution in [0.2, 0.25) is 0 Å². The van der Waals surface area contributed by atoms with Crippen LogP contribution in [0.5, 0.6) is 0 Å². The van der Waals surface area contributed by atoms with Crippen LogP contribution in [0.25, 0.3) is 0 Å². The van der Waals surface area contributed by atoms with Crippen LogP contribution in [0.1, 0.15) is 52.4 Å². The molecule has 0 aromatic heterocycles. The van der Waals surface area contributed by atoms with E-state index in [-0.39, 0.29) is 29.1 Å². The topological polar surface area (TPSA) is 49.8 Å². The van der Waals surface area contributed by atoms with Gasteiger partial charge in [0.05, 0.1) is 12.2 Å². The first-order valence-electron chi connectivity index (χ1n) is 9.02. The molecule has 4 aliphatic carbocycles. The van der Waals surface area contributed by atoms with Gasteiger partial charge in [0.25, 0.3) is 0 Å². The fourth-order valence-corrected chi connectivity index (χ4v) is 6.72. The van der Waals surface area contributed by atoms with Gasteiger partial charge in [-0.2, -0.15) is 0 Å². The molecule has 0 unspecified atom stereocenters. The molecule has 1 aliphatic heterocycles. The number of fused-ring (bicyclic) bond motifs is 7. The summed E-state index contributed by atoms with van der Waals surface area (Å²) < 4.78 is 5.72. The van der Waals surface area contributed by atoms with E-state index in [0.717, 1.165) is 32.1 Å². The summed E-state index contributed by atoms with van der Waals surface area (Å²) in [5.74, 6) is 2.10. The lowest BCUT2D eigenvalue weighted by Gasteiger charge is -2.57. The fraction of sp³-hybridized carbons (Fsp3) is 0.842. The summed E-state index contributed by atoms with van der Waals surface area (Å²) in [4.78, 5) is 12.6. The monoisotopic (exact) mass is 302 g/mol. The maximum absolute atomic E-state index is 12.6. The highest BCUT2D eigenvalue weighted by atomic mass is 16.6. The lowest BCUT2D eigenvalue weighted by Crippen LogP contribution is -2.52. The molecule has 1 N–H and O–H groups in total. The molecule has 5 aliphatic rings. The maximum Gasteiger partial charge on any atom is 0.170 e. The number of ether oxygens (including phenoxy) is 1. The molecule has 3 heteroatoms. The molecule has 1 heterocycles. The summed E-state index contributed by atoms with van der Waals surface area (Å²) in [5.41, 5.74) is 1.62. The van der Waals surface area contributed by atoms with Gasteiger partial charge >= 0.3 is 0 Å². The van der Waals surface area contributed by atoms with Gasteiger partial charge in [-0.15, -0.1) is 0 Å². The smallest absolute Gasteiger partial charge is 0.170 e. The number of hydrogen-bond donors (Lipinski definition) is 1. The molecule has 0 bridgehead atoms. The van der Waals surface area contributed by atoms with Crippen molar-refractivity contribution in [2.45, 2.75) is 70.7 Å². The molecule has 0 amide bonds. The highest BCUT2D eigenvalue weighted by Gasteiger charge is 2.71. The quantitative estimate of drug-likeness (QED) is 0.553.